The van der Waals surface area contributed by atoms with Crippen LogP contribution in [0.15, 0.2) is 240 Å². The second-order valence-corrected chi connectivity index (χ2v) is 18.2. The van der Waals surface area contributed by atoms with E-state index in [9.17, 15) is 8.42 Å². The smallest absolute Gasteiger partial charge is 0.207 e. The Morgan fingerprint density at radius 1 is 0.354 bits per heavy atom. The van der Waals surface area contributed by atoms with Crippen molar-refractivity contribution in [3.05, 3.63) is 253 Å². The van der Waals surface area contributed by atoms with Gasteiger partial charge >= 0.3 is 0 Å². The highest BCUT2D eigenvalue weighted by atomic mass is 32.2. The highest BCUT2D eigenvalue weighted by molar-refractivity contribution is 7.91. The fourth-order valence-electron chi connectivity index (χ4n) is 9.83. The molecule has 12 rings (SSSR count). The summed E-state index contributed by atoms with van der Waals surface area (Å²) in [5.74, 6) is 1.73. The van der Waals surface area contributed by atoms with Gasteiger partial charge in [-0.1, -0.05) is 188 Å². The molecule has 2 aromatic heterocycles. The number of aromatic nitrogens is 4. The monoisotopic (exact) mass is 854 g/mol. The van der Waals surface area contributed by atoms with E-state index in [0.29, 0.717) is 27.3 Å². The summed E-state index contributed by atoms with van der Waals surface area (Å²) in [6, 6.07) is 77.4. The molecule has 0 saturated heterocycles. The minimum atomic E-state index is -3.76. The van der Waals surface area contributed by atoms with Crippen LogP contribution in [0, 0.1) is 0 Å². The molecule has 0 bridgehead atoms. The quantitative estimate of drug-likeness (QED) is 0.160. The summed E-state index contributed by atoms with van der Waals surface area (Å²) < 4.78 is 30.7. The molecular weight excluding hydrogens is 817 g/mol. The van der Waals surface area contributed by atoms with Crippen molar-refractivity contribution >= 4 is 31.6 Å². The van der Waals surface area contributed by atoms with Crippen LogP contribution in [0.3, 0.4) is 0 Å². The van der Waals surface area contributed by atoms with Crippen LogP contribution in [0.25, 0.3) is 72.8 Å². The standard InChI is InChI=1S/C58H38N4O2S/c63-65(64)53-29-14-11-26-49(53)58(44-21-6-2-7-22-44,50-27-12-15-30-54(50)65)45-34-31-39(32-35-45)41-19-16-20-42(37-41)56-59-55(40-17-4-1-5-18-40)60-57(61-56)43-33-36-48-47-25-10-13-28-51(47)62(52(48)38-43)46-23-8-3-9-24-46/h1-38H. The number of hydrogen-bond donors (Lipinski definition) is 0. The maximum atomic E-state index is 14.2. The van der Waals surface area contributed by atoms with Crippen LogP contribution < -0.4 is 0 Å². The van der Waals surface area contributed by atoms with E-state index in [1.165, 1.54) is 5.39 Å². The van der Waals surface area contributed by atoms with Crippen LogP contribution in [-0.4, -0.2) is 27.9 Å². The zero-order valence-electron chi connectivity index (χ0n) is 35.0. The normalized spacial score (nSPS) is 13.6. The molecule has 0 aliphatic carbocycles. The zero-order chi connectivity index (χ0) is 43.5. The molecule has 0 radical (unpaired) electrons. The Labute approximate surface area is 376 Å². The predicted octanol–water partition coefficient (Wildman–Crippen LogP) is 13.2. The first-order valence-electron chi connectivity index (χ1n) is 21.6. The maximum absolute atomic E-state index is 14.2. The van der Waals surface area contributed by atoms with Crippen molar-refractivity contribution in [2.24, 2.45) is 0 Å². The van der Waals surface area contributed by atoms with Crippen molar-refractivity contribution in [2.45, 2.75) is 15.2 Å². The Morgan fingerprint density at radius 2 is 0.831 bits per heavy atom. The molecule has 0 fully saturated rings. The Balaban J connectivity index is 0.986. The molecule has 0 unspecified atom stereocenters. The van der Waals surface area contributed by atoms with E-state index < -0.39 is 15.3 Å². The second kappa shape index (κ2) is 15.2. The molecule has 0 spiro atoms. The lowest BCUT2D eigenvalue weighted by Crippen LogP contribution is -2.37. The topological polar surface area (TPSA) is 77.7 Å². The number of sulfone groups is 1. The van der Waals surface area contributed by atoms with Gasteiger partial charge in [0, 0.05) is 33.2 Å². The lowest BCUT2D eigenvalue weighted by Gasteiger charge is -2.41. The maximum Gasteiger partial charge on any atom is 0.207 e. The molecule has 1 aliphatic heterocycles. The van der Waals surface area contributed by atoms with Gasteiger partial charge in [-0.3, -0.25) is 0 Å². The van der Waals surface area contributed by atoms with Crippen LogP contribution in [-0.2, 0) is 15.3 Å². The molecule has 0 atom stereocenters. The van der Waals surface area contributed by atoms with Gasteiger partial charge in [-0.25, -0.2) is 23.4 Å². The summed E-state index contributed by atoms with van der Waals surface area (Å²) in [6.07, 6.45) is 0. The summed E-state index contributed by atoms with van der Waals surface area (Å²) in [6.45, 7) is 0. The molecule has 0 N–H and O–H groups in total. The Bertz CT molecular complexity index is 3670. The van der Waals surface area contributed by atoms with Gasteiger partial charge in [0.15, 0.2) is 17.5 Å². The van der Waals surface area contributed by atoms with Crippen molar-refractivity contribution in [2.75, 3.05) is 0 Å². The summed E-state index contributed by atoms with van der Waals surface area (Å²) in [4.78, 5) is 16.0. The Hall–Kier alpha value is -8.26. The molecule has 308 valence electrons. The van der Waals surface area contributed by atoms with Gasteiger partial charge in [0.2, 0.25) is 9.84 Å². The Morgan fingerprint density at radius 3 is 1.51 bits per heavy atom. The van der Waals surface area contributed by atoms with Crippen LogP contribution >= 0.6 is 0 Å². The highest BCUT2D eigenvalue weighted by Gasteiger charge is 2.48. The first-order chi connectivity index (χ1) is 32.0. The molecule has 6 nitrogen and oxygen atoms in total. The van der Waals surface area contributed by atoms with Crippen molar-refractivity contribution < 1.29 is 8.42 Å². The van der Waals surface area contributed by atoms with Crippen molar-refractivity contribution in [1.29, 1.82) is 0 Å². The Kier molecular flexibility index (Phi) is 9.00. The largest absolute Gasteiger partial charge is 0.309 e. The lowest BCUT2D eigenvalue weighted by molar-refractivity contribution is 0.579. The van der Waals surface area contributed by atoms with Gasteiger partial charge < -0.3 is 4.57 Å². The van der Waals surface area contributed by atoms with Crippen LogP contribution in [0.5, 0.6) is 0 Å². The number of nitrogens with zero attached hydrogens (tertiary/aromatic N) is 4. The summed E-state index contributed by atoms with van der Waals surface area (Å²) >= 11 is 0. The van der Waals surface area contributed by atoms with Crippen LogP contribution in [0.1, 0.15) is 22.3 Å². The van der Waals surface area contributed by atoms with Gasteiger partial charge in [0.1, 0.15) is 0 Å². The first-order valence-corrected chi connectivity index (χ1v) is 23.1. The van der Waals surface area contributed by atoms with Gasteiger partial charge in [-0.2, -0.15) is 0 Å². The average molecular weight is 855 g/mol. The zero-order valence-corrected chi connectivity index (χ0v) is 35.8. The van der Waals surface area contributed by atoms with Crippen molar-refractivity contribution in [1.82, 2.24) is 19.5 Å². The predicted molar refractivity (Wildman–Crippen MR) is 260 cm³/mol. The van der Waals surface area contributed by atoms with Gasteiger partial charge in [-0.05, 0) is 75.8 Å². The molecular formula is C58H38N4O2S. The van der Waals surface area contributed by atoms with Gasteiger partial charge in [-0.15, -0.1) is 0 Å². The third kappa shape index (κ3) is 6.15. The molecule has 3 heterocycles. The van der Waals surface area contributed by atoms with Gasteiger partial charge in [0.05, 0.1) is 26.2 Å². The number of rotatable bonds is 7. The molecule has 7 heteroatoms. The summed E-state index contributed by atoms with van der Waals surface area (Å²) in [7, 11) is -3.76. The number of hydrogen-bond acceptors (Lipinski definition) is 5. The minimum Gasteiger partial charge on any atom is -0.309 e. The fourth-order valence-corrected chi connectivity index (χ4v) is 11.6. The molecule has 0 amide bonds. The van der Waals surface area contributed by atoms with E-state index in [1.54, 1.807) is 24.3 Å². The van der Waals surface area contributed by atoms with Gasteiger partial charge in [0.25, 0.3) is 0 Å². The first kappa shape index (κ1) is 38.4. The average Bonchev–Trinajstić information content (AvgIpc) is 3.71. The molecule has 11 aromatic rings. The van der Waals surface area contributed by atoms with E-state index >= 15 is 0 Å². The van der Waals surface area contributed by atoms with E-state index in [0.717, 1.165) is 72.2 Å². The van der Waals surface area contributed by atoms with E-state index in [4.69, 9.17) is 15.0 Å². The summed E-state index contributed by atoms with van der Waals surface area (Å²) in [5.41, 5.74) is 10.5. The molecule has 1 aliphatic rings. The third-order valence-corrected chi connectivity index (χ3v) is 14.6. The SMILES string of the molecule is O=S1(=O)c2ccccc2C(c2ccccc2)(c2ccc(-c3cccc(-c4nc(-c5ccccc5)nc(-c5ccc6c7ccccc7n(-c7ccccc7)c6c5)n4)c3)cc2)c2ccccc21. The van der Waals surface area contributed by atoms with Crippen LogP contribution in [0.4, 0.5) is 0 Å². The molecule has 0 saturated carbocycles. The number of para-hydroxylation sites is 2. The van der Waals surface area contributed by atoms with E-state index in [1.807, 2.05) is 91.0 Å². The van der Waals surface area contributed by atoms with Crippen molar-refractivity contribution in [3.63, 3.8) is 0 Å². The van der Waals surface area contributed by atoms with E-state index in [-0.39, 0.29) is 0 Å². The lowest BCUT2D eigenvalue weighted by atomic mass is 9.64. The highest BCUT2D eigenvalue weighted by Crippen LogP contribution is 2.53. The molecule has 65 heavy (non-hydrogen) atoms. The van der Waals surface area contributed by atoms with Crippen LogP contribution in [0.2, 0.25) is 0 Å². The van der Waals surface area contributed by atoms with E-state index in [2.05, 4.69) is 120 Å². The fraction of sp³-hybridized carbons (Fsp3) is 0.0172. The number of fused-ring (bicyclic) bond motifs is 5. The molecule has 9 aromatic carbocycles. The minimum absolute atomic E-state index is 0.324. The summed E-state index contributed by atoms with van der Waals surface area (Å²) in [5, 5.41) is 2.33. The van der Waals surface area contributed by atoms with Crippen molar-refractivity contribution in [3.8, 4) is 51.0 Å². The second-order valence-electron chi connectivity index (χ2n) is 16.4. The number of benzene rings is 9. The third-order valence-electron chi connectivity index (χ3n) is 12.8.